The summed E-state index contributed by atoms with van der Waals surface area (Å²) in [6.07, 6.45) is 0. The molecule has 0 aliphatic rings. The molecule has 94 valence electrons. The highest BCUT2D eigenvalue weighted by Crippen LogP contribution is 2.29. The van der Waals surface area contributed by atoms with Crippen LogP contribution in [0.1, 0.15) is 24.2 Å². The number of methoxy groups -OCH3 is 1. The zero-order chi connectivity index (χ0) is 13.1. The second-order valence-electron chi connectivity index (χ2n) is 4.35. The minimum atomic E-state index is -0.743. The van der Waals surface area contributed by atoms with Crippen LogP contribution in [0.5, 0.6) is 11.5 Å². The topological polar surface area (TPSA) is 78.8 Å². The van der Waals surface area contributed by atoms with Crippen LogP contribution in [0.25, 0.3) is 0 Å². The van der Waals surface area contributed by atoms with Crippen LogP contribution in [-0.4, -0.2) is 35.4 Å². The van der Waals surface area contributed by atoms with Gasteiger partial charge in [0.1, 0.15) is 0 Å². The maximum atomic E-state index is 11.9. The van der Waals surface area contributed by atoms with E-state index >= 15 is 0 Å². The molecular formula is C12H17NO4. The maximum Gasteiger partial charge on any atom is 0.255 e. The van der Waals surface area contributed by atoms with Crippen molar-refractivity contribution >= 4 is 5.91 Å². The van der Waals surface area contributed by atoms with E-state index in [4.69, 9.17) is 9.84 Å². The van der Waals surface area contributed by atoms with Gasteiger partial charge in [0.2, 0.25) is 0 Å². The Morgan fingerprint density at radius 2 is 2.12 bits per heavy atom. The molecule has 0 heterocycles. The van der Waals surface area contributed by atoms with Crippen LogP contribution < -0.4 is 10.1 Å². The molecular weight excluding hydrogens is 222 g/mol. The van der Waals surface area contributed by atoms with Gasteiger partial charge in [0.05, 0.1) is 24.8 Å². The van der Waals surface area contributed by atoms with Crippen molar-refractivity contribution in [3.05, 3.63) is 23.8 Å². The van der Waals surface area contributed by atoms with Gasteiger partial charge in [0.25, 0.3) is 5.91 Å². The number of ether oxygens (including phenoxy) is 1. The Labute approximate surface area is 100 Å². The van der Waals surface area contributed by atoms with Crippen LogP contribution in [0.3, 0.4) is 0 Å². The van der Waals surface area contributed by atoms with Crippen LogP contribution in [-0.2, 0) is 0 Å². The molecule has 0 spiro atoms. The molecule has 0 aromatic heterocycles. The number of nitrogens with one attached hydrogen (secondary N) is 1. The second-order valence-corrected chi connectivity index (χ2v) is 4.35. The molecule has 0 atom stereocenters. The van der Waals surface area contributed by atoms with Crippen molar-refractivity contribution in [2.75, 3.05) is 13.7 Å². The SMILES string of the molecule is COc1cccc(C(=O)NC(C)(C)CO)c1O. The third-order valence-corrected chi connectivity index (χ3v) is 2.31. The van der Waals surface area contributed by atoms with Crippen molar-refractivity contribution in [1.82, 2.24) is 5.32 Å². The van der Waals surface area contributed by atoms with E-state index in [2.05, 4.69) is 5.32 Å². The van der Waals surface area contributed by atoms with Crippen LogP contribution in [0, 0.1) is 0 Å². The van der Waals surface area contributed by atoms with Gasteiger partial charge in [0, 0.05) is 0 Å². The highest BCUT2D eigenvalue weighted by atomic mass is 16.5. The second kappa shape index (κ2) is 5.05. The monoisotopic (exact) mass is 239 g/mol. The third kappa shape index (κ3) is 3.10. The summed E-state index contributed by atoms with van der Waals surface area (Å²) in [5, 5.41) is 21.4. The number of aliphatic hydroxyl groups is 1. The average molecular weight is 239 g/mol. The highest BCUT2D eigenvalue weighted by Gasteiger charge is 2.22. The summed E-state index contributed by atoms with van der Waals surface area (Å²) in [6.45, 7) is 3.17. The number of para-hydroxylation sites is 1. The molecule has 1 rings (SSSR count). The van der Waals surface area contributed by atoms with Crippen molar-refractivity contribution in [1.29, 1.82) is 0 Å². The van der Waals surface area contributed by atoms with E-state index in [-0.39, 0.29) is 23.7 Å². The standard InChI is InChI=1S/C12H17NO4/c1-12(2,7-14)13-11(16)8-5-4-6-9(17-3)10(8)15/h4-6,14-15H,7H2,1-3H3,(H,13,16). The molecule has 3 N–H and O–H groups in total. The summed E-state index contributed by atoms with van der Waals surface area (Å²) in [7, 11) is 1.41. The van der Waals surface area contributed by atoms with Gasteiger partial charge in [-0.25, -0.2) is 0 Å². The van der Waals surface area contributed by atoms with Gasteiger partial charge in [-0.3, -0.25) is 4.79 Å². The van der Waals surface area contributed by atoms with Crippen molar-refractivity contribution in [3.63, 3.8) is 0 Å². The fourth-order valence-corrected chi connectivity index (χ4v) is 1.28. The molecule has 0 aliphatic carbocycles. The molecule has 17 heavy (non-hydrogen) atoms. The van der Waals surface area contributed by atoms with E-state index in [1.807, 2.05) is 0 Å². The average Bonchev–Trinajstić information content (AvgIpc) is 2.28. The third-order valence-electron chi connectivity index (χ3n) is 2.31. The van der Waals surface area contributed by atoms with Gasteiger partial charge in [-0.1, -0.05) is 6.07 Å². The Morgan fingerprint density at radius 3 is 2.65 bits per heavy atom. The number of carbonyl (C=O) groups is 1. The number of aliphatic hydroxyl groups excluding tert-OH is 1. The smallest absolute Gasteiger partial charge is 0.255 e. The normalized spacial score (nSPS) is 11.1. The lowest BCUT2D eigenvalue weighted by Crippen LogP contribution is -2.46. The summed E-state index contributed by atoms with van der Waals surface area (Å²) in [6, 6.07) is 4.66. The van der Waals surface area contributed by atoms with Gasteiger partial charge in [-0.2, -0.15) is 0 Å². The van der Waals surface area contributed by atoms with E-state index in [0.717, 1.165) is 0 Å². The van der Waals surface area contributed by atoms with E-state index in [1.54, 1.807) is 26.0 Å². The summed E-state index contributed by atoms with van der Waals surface area (Å²) in [5.41, 5.74) is -0.627. The summed E-state index contributed by atoms with van der Waals surface area (Å²) in [5.74, 6) is -0.429. The fourth-order valence-electron chi connectivity index (χ4n) is 1.28. The summed E-state index contributed by atoms with van der Waals surface area (Å²) < 4.78 is 4.91. The molecule has 1 aromatic carbocycles. The van der Waals surface area contributed by atoms with Gasteiger partial charge in [-0.05, 0) is 26.0 Å². The predicted octanol–water partition coefficient (Wildman–Crippen LogP) is 0.901. The van der Waals surface area contributed by atoms with Crippen molar-refractivity contribution in [3.8, 4) is 11.5 Å². The Balaban J connectivity index is 2.97. The first-order chi connectivity index (χ1) is 7.91. The molecule has 0 unspecified atom stereocenters. The van der Waals surface area contributed by atoms with Gasteiger partial charge in [-0.15, -0.1) is 0 Å². The number of hydrogen-bond donors (Lipinski definition) is 3. The number of benzene rings is 1. The summed E-state index contributed by atoms with van der Waals surface area (Å²) >= 11 is 0. The minimum Gasteiger partial charge on any atom is -0.504 e. The number of amides is 1. The number of hydrogen-bond acceptors (Lipinski definition) is 4. The zero-order valence-electron chi connectivity index (χ0n) is 10.2. The molecule has 0 radical (unpaired) electrons. The summed E-state index contributed by atoms with van der Waals surface area (Å²) in [4.78, 5) is 11.9. The maximum absolute atomic E-state index is 11.9. The van der Waals surface area contributed by atoms with Gasteiger partial charge < -0.3 is 20.3 Å². The molecule has 1 aromatic rings. The van der Waals surface area contributed by atoms with E-state index in [0.29, 0.717) is 0 Å². The van der Waals surface area contributed by atoms with Crippen LogP contribution >= 0.6 is 0 Å². The number of phenolic OH excluding ortho intramolecular Hbond substituents is 1. The Bertz CT molecular complexity index is 415. The van der Waals surface area contributed by atoms with Gasteiger partial charge >= 0.3 is 0 Å². The van der Waals surface area contributed by atoms with Crippen molar-refractivity contribution < 1.29 is 19.7 Å². The van der Waals surface area contributed by atoms with Crippen LogP contribution in [0.2, 0.25) is 0 Å². The first-order valence-electron chi connectivity index (χ1n) is 5.20. The molecule has 5 heteroatoms. The Hall–Kier alpha value is -1.75. The van der Waals surface area contributed by atoms with Crippen molar-refractivity contribution in [2.45, 2.75) is 19.4 Å². The van der Waals surface area contributed by atoms with E-state index < -0.39 is 11.4 Å². The lowest BCUT2D eigenvalue weighted by atomic mass is 10.1. The molecule has 5 nitrogen and oxygen atoms in total. The number of aromatic hydroxyl groups is 1. The molecule has 0 bridgehead atoms. The number of phenols is 1. The Kier molecular flexibility index (Phi) is 3.96. The quantitative estimate of drug-likeness (QED) is 0.729. The Morgan fingerprint density at radius 1 is 1.47 bits per heavy atom. The molecule has 0 saturated carbocycles. The molecule has 0 fully saturated rings. The van der Waals surface area contributed by atoms with Crippen LogP contribution in [0.4, 0.5) is 0 Å². The van der Waals surface area contributed by atoms with Gasteiger partial charge in [0.15, 0.2) is 11.5 Å². The zero-order valence-corrected chi connectivity index (χ0v) is 10.2. The number of carbonyl (C=O) groups excluding carboxylic acids is 1. The number of rotatable bonds is 4. The largest absolute Gasteiger partial charge is 0.504 e. The van der Waals surface area contributed by atoms with E-state index in [9.17, 15) is 9.90 Å². The van der Waals surface area contributed by atoms with Crippen LogP contribution in [0.15, 0.2) is 18.2 Å². The predicted molar refractivity (Wildman–Crippen MR) is 63.3 cm³/mol. The minimum absolute atomic E-state index is 0.117. The molecule has 0 aliphatic heterocycles. The van der Waals surface area contributed by atoms with E-state index in [1.165, 1.54) is 13.2 Å². The fraction of sp³-hybridized carbons (Fsp3) is 0.417. The first-order valence-corrected chi connectivity index (χ1v) is 5.20. The lowest BCUT2D eigenvalue weighted by molar-refractivity contribution is 0.0866. The highest BCUT2D eigenvalue weighted by molar-refractivity contribution is 5.98. The molecule has 1 amide bonds. The lowest BCUT2D eigenvalue weighted by Gasteiger charge is -2.23. The first kappa shape index (κ1) is 13.3. The van der Waals surface area contributed by atoms with Crippen molar-refractivity contribution in [2.24, 2.45) is 0 Å². The molecule has 0 saturated heterocycles.